The van der Waals surface area contributed by atoms with Crippen LogP contribution in [0.2, 0.25) is 15.3 Å². The number of fused-ring (bicyclic) bond motifs is 2. The number of piperidine rings is 1. The lowest BCUT2D eigenvalue weighted by atomic mass is 9.74. The fourth-order valence-corrected chi connectivity index (χ4v) is 5.73. The molecule has 3 aromatic rings. The van der Waals surface area contributed by atoms with Crippen molar-refractivity contribution in [2.24, 2.45) is 0 Å². The first-order valence-electron chi connectivity index (χ1n) is 11.4. The number of carbonyl (C=O) groups excluding carboxylic acids is 1. The largest absolute Gasteiger partial charge is 0.307 e. The van der Waals surface area contributed by atoms with E-state index in [1.165, 1.54) is 6.07 Å². The average Bonchev–Trinajstić information content (AvgIpc) is 3.13. The van der Waals surface area contributed by atoms with Crippen LogP contribution in [0.1, 0.15) is 34.3 Å². The first-order chi connectivity index (χ1) is 16.8. The number of hydrogen-bond donors (Lipinski definition) is 0. The van der Waals surface area contributed by atoms with Gasteiger partial charge in [0.25, 0.3) is 5.91 Å². The fraction of sp³-hybridized carbons (Fsp3) is 0.259. The summed E-state index contributed by atoms with van der Waals surface area (Å²) >= 11 is 18.5. The van der Waals surface area contributed by atoms with Crippen LogP contribution in [0.4, 0.5) is 10.1 Å². The van der Waals surface area contributed by atoms with Gasteiger partial charge in [0.05, 0.1) is 0 Å². The van der Waals surface area contributed by atoms with Gasteiger partial charge in [-0.3, -0.25) is 9.69 Å². The van der Waals surface area contributed by atoms with Gasteiger partial charge in [0, 0.05) is 40.3 Å². The Morgan fingerprint density at radius 3 is 2.46 bits per heavy atom. The molecule has 1 spiro atoms. The van der Waals surface area contributed by atoms with Crippen molar-refractivity contribution in [2.45, 2.75) is 18.3 Å². The number of amides is 1. The van der Waals surface area contributed by atoms with Crippen molar-refractivity contribution in [3.05, 3.63) is 98.5 Å². The summed E-state index contributed by atoms with van der Waals surface area (Å²) in [5.74, 6) is -0.380. The van der Waals surface area contributed by atoms with Crippen LogP contribution in [0.3, 0.4) is 0 Å². The molecule has 8 heteroatoms. The van der Waals surface area contributed by atoms with Crippen LogP contribution >= 0.6 is 34.8 Å². The molecule has 1 saturated heterocycles. The molecule has 0 saturated carbocycles. The van der Waals surface area contributed by atoms with Crippen molar-refractivity contribution < 1.29 is 9.18 Å². The molecule has 1 aromatic heterocycles. The summed E-state index contributed by atoms with van der Waals surface area (Å²) in [6, 6.07) is 15.6. The molecular weight excluding hydrogens is 508 g/mol. The molecule has 0 unspecified atom stereocenters. The van der Waals surface area contributed by atoms with Crippen LogP contribution in [0.25, 0.3) is 6.08 Å². The average molecular weight is 531 g/mol. The van der Waals surface area contributed by atoms with Crippen molar-refractivity contribution in [1.82, 2.24) is 9.88 Å². The van der Waals surface area contributed by atoms with Crippen molar-refractivity contribution in [3.8, 4) is 0 Å². The molecule has 3 heterocycles. The van der Waals surface area contributed by atoms with E-state index < -0.39 is 0 Å². The lowest BCUT2D eigenvalue weighted by molar-refractivity contribution is 0.0977. The number of benzene rings is 2. The monoisotopic (exact) mass is 529 g/mol. The molecule has 1 fully saturated rings. The third kappa shape index (κ3) is 4.96. The summed E-state index contributed by atoms with van der Waals surface area (Å²) in [5, 5.41) is 1.02. The topological polar surface area (TPSA) is 36.4 Å². The highest BCUT2D eigenvalue weighted by molar-refractivity contribution is 6.33. The summed E-state index contributed by atoms with van der Waals surface area (Å²) in [4.78, 5) is 21.6. The normalized spacial score (nSPS) is 17.3. The molecule has 2 aliphatic rings. The maximum Gasteiger partial charge on any atom is 0.258 e. The highest BCUT2D eigenvalue weighted by atomic mass is 35.5. The minimum absolute atomic E-state index is 0.160. The third-order valence-electron chi connectivity index (χ3n) is 6.92. The lowest BCUT2D eigenvalue weighted by Crippen LogP contribution is -2.46. The van der Waals surface area contributed by atoms with Gasteiger partial charge < -0.3 is 4.90 Å². The molecular formula is C27H23Cl3FN3O. The zero-order chi connectivity index (χ0) is 24.6. The van der Waals surface area contributed by atoms with Crippen LogP contribution in [-0.4, -0.2) is 42.0 Å². The van der Waals surface area contributed by atoms with Gasteiger partial charge in [0.2, 0.25) is 0 Å². The van der Waals surface area contributed by atoms with Crippen molar-refractivity contribution >= 4 is 52.5 Å². The minimum Gasteiger partial charge on any atom is -0.307 e. The van der Waals surface area contributed by atoms with E-state index >= 15 is 0 Å². The Kier molecular flexibility index (Phi) is 6.86. The van der Waals surface area contributed by atoms with Gasteiger partial charge in [-0.1, -0.05) is 65.2 Å². The zero-order valence-electron chi connectivity index (χ0n) is 18.9. The number of nitrogens with zero attached hydrogens (tertiary/aromatic N) is 3. The summed E-state index contributed by atoms with van der Waals surface area (Å²) in [7, 11) is 0. The Hall–Kier alpha value is -2.44. The van der Waals surface area contributed by atoms with Crippen LogP contribution in [0.15, 0.2) is 60.7 Å². The Balaban J connectivity index is 1.34. The summed E-state index contributed by atoms with van der Waals surface area (Å²) in [5.41, 5.74) is 2.79. The lowest BCUT2D eigenvalue weighted by Gasteiger charge is -2.39. The van der Waals surface area contributed by atoms with Crippen LogP contribution < -0.4 is 4.90 Å². The molecule has 0 bridgehead atoms. The van der Waals surface area contributed by atoms with E-state index in [0.717, 1.165) is 43.7 Å². The van der Waals surface area contributed by atoms with Gasteiger partial charge in [-0.15, -0.1) is 0 Å². The standard InChI is InChI=1S/C27H23Cl3FN3O/c28-20-7-8-23-21(16-20)27(17-34(23)26(35)19-14-24(29)32-25(30)15-19)9-12-33(13-10-27)11-3-5-18-4-1-2-6-22(18)31/h1-8,14-16H,9-13,17H2. The fourth-order valence-electron chi connectivity index (χ4n) is 5.10. The molecule has 0 atom stereocenters. The summed E-state index contributed by atoms with van der Waals surface area (Å²) in [6.07, 6.45) is 5.60. The van der Waals surface area contributed by atoms with Gasteiger partial charge >= 0.3 is 0 Å². The van der Waals surface area contributed by atoms with Gasteiger partial charge in [-0.05, 0) is 67.9 Å². The summed E-state index contributed by atoms with van der Waals surface area (Å²) < 4.78 is 13.9. The molecule has 1 amide bonds. The Morgan fingerprint density at radius 1 is 1.03 bits per heavy atom. The van der Waals surface area contributed by atoms with Crippen LogP contribution in [0, 0.1) is 5.82 Å². The van der Waals surface area contributed by atoms with Crippen molar-refractivity contribution in [2.75, 3.05) is 31.1 Å². The number of halogens is 4. The van der Waals surface area contributed by atoms with E-state index in [4.69, 9.17) is 34.8 Å². The molecule has 0 aliphatic carbocycles. The van der Waals surface area contributed by atoms with Gasteiger partial charge in [0.1, 0.15) is 16.1 Å². The van der Waals surface area contributed by atoms with E-state index in [1.807, 2.05) is 36.4 Å². The minimum atomic E-state index is -0.220. The van der Waals surface area contributed by atoms with Crippen molar-refractivity contribution in [1.29, 1.82) is 0 Å². The van der Waals surface area contributed by atoms with Crippen LogP contribution in [0.5, 0.6) is 0 Å². The second kappa shape index (κ2) is 9.90. The predicted molar refractivity (Wildman–Crippen MR) is 140 cm³/mol. The number of rotatable bonds is 4. The van der Waals surface area contributed by atoms with Crippen LogP contribution in [-0.2, 0) is 5.41 Å². The number of pyridine rings is 1. The maximum atomic E-state index is 13.9. The maximum absolute atomic E-state index is 13.9. The molecule has 4 nitrogen and oxygen atoms in total. The van der Waals surface area contributed by atoms with E-state index in [2.05, 4.69) is 9.88 Å². The second-order valence-corrected chi connectivity index (χ2v) is 10.3. The van der Waals surface area contributed by atoms with E-state index in [0.29, 0.717) is 22.7 Å². The van der Waals surface area contributed by atoms with Gasteiger partial charge in [0.15, 0.2) is 0 Å². The molecule has 2 aromatic carbocycles. The molecule has 35 heavy (non-hydrogen) atoms. The SMILES string of the molecule is O=C(c1cc(Cl)nc(Cl)c1)N1CC2(CCN(CC=Cc3ccccc3F)CC2)c2cc(Cl)ccc21. The van der Waals surface area contributed by atoms with E-state index in [1.54, 1.807) is 29.2 Å². The first-order valence-corrected chi connectivity index (χ1v) is 12.6. The Bertz CT molecular complexity index is 1280. The van der Waals surface area contributed by atoms with E-state index in [9.17, 15) is 9.18 Å². The van der Waals surface area contributed by atoms with Gasteiger partial charge in [-0.25, -0.2) is 9.37 Å². The number of aromatic nitrogens is 1. The number of carbonyl (C=O) groups is 1. The number of hydrogen-bond acceptors (Lipinski definition) is 3. The second-order valence-electron chi connectivity index (χ2n) is 9.06. The number of likely N-dealkylation sites (tertiary alicyclic amines) is 1. The molecule has 180 valence electrons. The highest BCUT2D eigenvalue weighted by Crippen LogP contribution is 2.48. The third-order valence-corrected chi connectivity index (χ3v) is 7.54. The highest BCUT2D eigenvalue weighted by Gasteiger charge is 2.46. The Morgan fingerprint density at radius 2 is 1.74 bits per heavy atom. The van der Waals surface area contributed by atoms with E-state index in [-0.39, 0.29) is 27.4 Å². The summed E-state index contributed by atoms with van der Waals surface area (Å²) in [6.45, 7) is 3.03. The first kappa shape index (κ1) is 24.3. The quantitative estimate of drug-likeness (QED) is 0.345. The Labute approximate surface area is 218 Å². The molecule has 0 N–H and O–H groups in total. The molecule has 0 radical (unpaired) electrons. The zero-order valence-corrected chi connectivity index (χ0v) is 21.1. The number of anilines is 1. The smallest absolute Gasteiger partial charge is 0.258 e. The molecule has 5 rings (SSSR count). The van der Waals surface area contributed by atoms with Crippen molar-refractivity contribution in [3.63, 3.8) is 0 Å². The molecule has 2 aliphatic heterocycles. The van der Waals surface area contributed by atoms with Gasteiger partial charge in [-0.2, -0.15) is 0 Å². The predicted octanol–water partition coefficient (Wildman–Crippen LogP) is 6.89.